The first-order valence-electron chi connectivity index (χ1n) is 5.15. The number of halogens is 2. The van der Waals surface area contributed by atoms with Crippen molar-refractivity contribution < 1.29 is 4.79 Å². The molecule has 1 aromatic carbocycles. The molecule has 4 N–H and O–H groups in total. The molecule has 0 radical (unpaired) electrons. The number of nitrogens with zero attached hydrogens (tertiary/aromatic N) is 2. The van der Waals surface area contributed by atoms with Gasteiger partial charge in [0.15, 0.2) is 5.82 Å². The molecular formula is C11H9Cl2N5O. The molecule has 19 heavy (non-hydrogen) atoms. The third-order valence-corrected chi connectivity index (χ3v) is 2.93. The molecule has 0 saturated heterocycles. The highest BCUT2D eigenvalue weighted by atomic mass is 35.5. The number of carbonyl (C=O) groups is 1. The summed E-state index contributed by atoms with van der Waals surface area (Å²) < 4.78 is 0. The quantitative estimate of drug-likeness (QED) is 0.597. The standard InChI is InChI=1S/C11H9Cl2N5O/c12-7-2-1-6(3-8(7)13)16-11(19)9-4-15-5-10(17-9)18-14/h1-5H,14H2,(H,16,19)(H,17,18). The zero-order chi connectivity index (χ0) is 13.8. The average Bonchev–Trinajstić information content (AvgIpc) is 2.43. The van der Waals surface area contributed by atoms with Crippen molar-refractivity contribution >= 4 is 40.6 Å². The van der Waals surface area contributed by atoms with Gasteiger partial charge in [-0.05, 0) is 18.2 Å². The molecule has 0 spiro atoms. The molecule has 0 bridgehead atoms. The molecule has 6 nitrogen and oxygen atoms in total. The maximum absolute atomic E-state index is 11.9. The number of amides is 1. The van der Waals surface area contributed by atoms with Gasteiger partial charge in [0.25, 0.3) is 5.91 Å². The summed E-state index contributed by atoms with van der Waals surface area (Å²) >= 11 is 11.6. The number of nitrogens with one attached hydrogen (secondary N) is 2. The van der Waals surface area contributed by atoms with Crippen LogP contribution in [0.5, 0.6) is 0 Å². The van der Waals surface area contributed by atoms with Gasteiger partial charge in [0, 0.05) is 5.69 Å². The lowest BCUT2D eigenvalue weighted by molar-refractivity contribution is 0.102. The predicted molar refractivity (Wildman–Crippen MR) is 74.3 cm³/mol. The van der Waals surface area contributed by atoms with Crippen LogP contribution in [0.1, 0.15) is 10.5 Å². The van der Waals surface area contributed by atoms with E-state index in [1.807, 2.05) is 0 Å². The summed E-state index contributed by atoms with van der Waals surface area (Å²) in [6, 6.07) is 4.76. The number of carbonyl (C=O) groups excluding carboxylic acids is 1. The number of nitrogen functional groups attached to an aromatic ring is 1. The van der Waals surface area contributed by atoms with Crippen molar-refractivity contribution in [3.05, 3.63) is 46.3 Å². The van der Waals surface area contributed by atoms with Gasteiger partial charge in [-0.25, -0.2) is 10.8 Å². The Morgan fingerprint density at radius 1 is 1.21 bits per heavy atom. The Kier molecular flexibility index (Phi) is 4.16. The fourth-order valence-electron chi connectivity index (χ4n) is 1.31. The van der Waals surface area contributed by atoms with Crippen molar-refractivity contribution in [2.24, 2.45) is 5.84 Å². The minimum absolute atomic E-state index is 0.126. The molecule has 0 saturated carbocycles. The van der Waals surface area contributed by atoms with Gasteiger partial charge in [0.2, 0.25) is 0 Å². The van der Waals surface area contributed by atoms with Gasteiger partial charge in [-0.15, -0.1) is 0 Å². The summed E-state index contributed by atoms with van der Waals surface area (Å²) in [6.45, 7) is 0. The van der Waals surface area contributed by atoms with E-state index < -0.39 is 5.91 Å². The second-order valence-corrected chi connectivity index (χ2v) is 4.33. The molecular weight excluding hydrogens is 289 g/mol. The summed E-state index contributed by atoms with van der Waals surface area (Å²) in [5.74, 6) is 5.06. The van der Waals surface area contributed by atoms with Crippen molar-refractivity contribution in [3.63, 3.8) is 0 Å². The highest BCUT2D eigenvalue weighted by molar-refractivity contribution is 6.42. The van der Waals surface area contributed by atoms with Crippen LogP contribution in [0.25, 0.3) is 0 Å². The largest absolute Gasteiger partial charge is 0.321 e. The lowest BCUT2D eigenvalue weighted by atomic mass is 10.3. The number of rotatable bonds is 3. The molecule has 0 aliphatic carbocycles. The fraction of sp³-hybridized carbons (Fsp3) is 0. The average molecular weight is 298 g/mol. The molecule has 2 aromatic rings. The van der Waals surface area contributed by atoms with Crippen LogP contribution in [0, 0.1) is 0 Å². The van der Waals surface area contributed by atoms with Crippen molar-refractivity contribution in [1.82, 2.24) is 9.97 Å². The summed E-state index contributed by atoms with van der Waals surface area (Å²) in [5, 5.41) is 3.39. The first kappa shape index (κ1) is 13.5. The van der Waals surface area contributed by atoms with Gasteiger partial charge in [-0.1, -0.05) is 23.2 Å². The van der Waals surface area contributed by atoms with E-state index in [-0.39, 0.29) is 5.69 Å². The van der Waals surface area contributed by atoms with Crippen LogP contribution in [0.4, 0.5) is 11.5 Å². The van der Waals surface area contributed by atoms with Gasteiger partial charge in [-0.2, -0.15) is 0 Å². The molecule has 2 rings (SSSR count). The number of nitrogens with two attached hydrogens (primary N) is 1. The number of aromatic nitrogens is 2. The number of anilines is 2. The molecule has 8 heteroatoms. The van der Waals surface area contributed by atoms with Crippen LogP contribution in [-0.4, -0.2) is 15.9 Å². The third-order valence-electron chi connectivity index (χ3n) is 2.19. The maximum Gasteiger partial charge on any atom is 0.275 e. The lowest BCUT2D eigenvalue weighted by Gasteiger charge is -2.06. The van der Waals surface area contributed by atoms with Crippen molar-refractivity contribution in [2.45, 2.75) is 0 Å². The Labute approximate surface area is 118 Å². The van der Waals surface area contributed by atoms with Crippen molar-refractivity contribution in [3.8, 4) is 0 Å². The van der Waals surface area contributed by atoms with Crippen LogP contribution < -0.4 is 16.6 Å². The summed E-state index contributed by atoms with van der Waals surface area (Å²) in [5.41, 5.74) is 2.94. The Bertz CT molecular complexity index is 620. The van der Waals surface area contributed by atoms with Gasteiger partial charge < -0.3 is 10.7 Å². The highest BCUT2D eigenvalue weighted by Crippen LogP contribution is 2.25. The zero-order valence-electron chi connectivity index (χ0n) is 9.52. The summed E-state index contributed by atoms with van der Waals surface area (Å²) in [7, 11) is 0. The second kappa shape index (κ2) is 5.83. The number of hydrazine groups is 1. The summed E-state index contributed by atoms with van der Waals surface area (Å²) in [6.07, 6.45) is 2.73. The number of hydrogen-bond acceptors (Lipinski definition) is 5. The van der Waals surface area contributed by atoms with Crippen molar-refractivity contribution in [1.29, 1.82) is 0 Å². The maximum atomic E-state index is 11.9. The van der Waals surface area contributed by atoms with Crippen LogP contribution in [0.2, 0.25) is 10.0 Å². The van der Waals surface area contributed by atoms with Gasteiger partial charge >= 0.3 is 0 Å². The van der Waals surface area contributed by atoms with Crippen molar-refractivity contribution in [2.75, 3.05) is 10.7 Å². The Morgan fingerprint density at radius 3 is 2.68 bits per heavy atom. The molecule has 0 fully saturated rings. The highest BCUT2D eigenvalue weighted by Gasteiger charge is 2.10. The molecule has 98 valence electrons. The van der Waals surface area contributed by atoms with E-state index in [4.69, 9.17) is 29.0 Å². The van der Waals surface area contributed by atoms with Gasteiger partial charge in [0.1, 0.15) is 5.69 Å². The van der Waals surface area contributed by atoms with Crippen LogP contribution in [0.15, 0.2) is 30.6 Å². The second-order valence-electron chi connectivity index (χ2n) is 3.52. The molecule has 0 aliphatic heterocycles. The van der Waals surface area contributed by atoms with Crippen LogP contribution in [-0.2, 0) is 0 Å². The van der Waals surface area contributed by atoms with Crippen LogP contribution in [0.3, 0.4) is 0 Å². The van der Waals surface area contributed by atoms with Gasteiger partial charge in [0.05, 0.1) is 22.4 Å². The zero-order valence-corrected chi connectivity index (χ0v) is 11.0. The van der Waals surface area contributed by atoms with Gasteiger partial charge in [-0.3, -0.25) is 9.78 Å². The minimum Gasteiger partial charge on any atom is -0.321 e. The van der Waals surface area contributed by atoms with E-state index in [0.717, 1.165) is 0 Å². The fourth-order valence-corrected chi connectivity index (χ4v) is 1.61. The van der Waals surface area contributed by atoms with E-state index in [1.54, 1.807) is 18.2 Å². The lowest BCUT2D eigenvalue weighted by Crippen LogP contribution is -2.16. The van der Waals surface area contributed by atoms with E-state index in [1.165, 1.54) is 12.4 Å². The first-order chi connectivity index (χ1) is 9.10. The number of hydrogen-bond donors (Lipinski definition) is 3. The summed E-state index contributed by atoms with van der Waals surface area (Å²) in [4.78, 5) is 19.7. The molecule has 1 aromatic heterocycles. The monoisotopic (exact) mass is 297 g/mol. The van der Waals surface area contributed by atoms with E-state index in [2.05, 4.69) is 20.7 Å². The molecule has 0 unspecified atom stereocenters. The molecule has 1 heterocycles. The Morgan fingerprint density at radius 2 is 2.00 bits per heavy atom. The topological polar surface area (TPSA) is 92.9 Å². The molecule has 0 aliphatic rings. The van der Waals surface area contributed by atoms with E-state index >= 15 is 0 Å². The molecule has 0 atom stereocenters. The van der Waals surface area contributed by atoms with E-state index in [9.17, 15) is 4.79 Å². The predicted octanol–water partition coefficient (Wildman–Crippen LogP) is 2.32. The van der Waals surface area contributed by atoms with Crippen LogP contribution >= 0.6 is 23.2 Å². The van der Waals surface area contributed by atoms with E-state index in [0.29, 0.717) is 21.6 Å². The molecule has 1 amide bonds. The normalized spacial score (nSPS) is 10.1. The first-order valence-corrected chi connectivity index (χ1v) is 5.91. The third kappa shape index (κ3) is 3.31. The smallest absolute Gasteiger partial charge is 0.275 e. The number of benzene rings is 1. The minimum atomic E-state index is -0.428. The Hall–Kier alpha value is -1.89. The Balaban J connectivity index is 2.18. The SMILES string of the molecule is NNc1cncc(C(=O)Nc2ccc(Cl)c(Cl)c2)n1.